The first-order chi connectivity index (χ1) is 27.2. The van der Waals surface area contributed by atoms with Crippen molar-refractivity contribution in [2.24, 2.45) is 5.92 Å². The maximum atomic E-state index is 16.8. The molecule has 56 heavy (non-hydrogen) atoms. The third-order valence-corrected chi connectivity index (χ3v) is 12.9. The number of alkyl carbamates (subject to hydrolysis) is 1. The van der Waals surface area contributed by atoms with Crippen LogP contribution in [-0.4, -0.2) is 57.0 Å². The van der Waals surface area contributed by atoms with Gasteiger partial charge in [-0.15, -0.1) is 0 Å². The molecule has 0 unspecified atom stereocenters. The molecule has 0 bridgehead atoms. The average molecular weight is 781 g/mol. The van der Waals surface area contributed by atoms with Crippen LogP contribution in [0.5, 0.6) is 5.75 Å². The van der Waals surface area contributed by atoms with E-state index in [4.69, 9.17) is 9.47 Å². The zero-order chi connectivity index (χ0) is 38.8. The van der Waals surface area contributed by atoms with Crippen molar-refractivity contribution in [3.05, 3.63) is 119 Å². The highest BCUT2D eigenvalue weighted by atomic mass is 32.2. The van der Waals surface area contributed by atoms with E-state index in [9.17, 15) is 22.8 Å². The summed E-state index contributed by atoms with van der Waals surface area (Å²) in [6.07, 6.45) is 6.33. The molecular weight excluding hydrogens is 736 g/mol. The van der Waals surface area contributed by atoms with Crippen LogP contribution in [0.1, 0.15) is 78.7 Å². The van der Waals surface area contributed by atoms with Crippen molar-refractivity contribution in [3.8, 4) is 16.9 Å². The summed E-state index contributed by atoms with van der Waals surface area (Å²) < 4.78 is 57.3. The summed E-state index contributed by atoms with van der Waals surface area (Å²) in [4.78, 5) is 41.7. The molecule has 8 rings (SSSR count). The van der Waals surface area contributed by atoms with E-state index in [1.165, 1.54) is 11.3 Å². The summed E-state index contributed by atoms with van der Waals surface area (Å²) in [7, 11) is -4.39. The third kappa shape index (κ3) is 7.69. The van der Waals surface area contributed by atoms with Crippen molar-refractivity contribution < 1.29 is 36.7 Å². The molecule has 2 fully saturated rings. The van der Waals surface area contributed by atoms with Crippen molar-refractivity contribution in [2.75, 3.05) is 24.0 Å². The Labute approximate surface area is 326 Å². The first-order valence-electron chi connectivity index (χ1n) is 19.4. The lowest BCUT2D eigenvalue weighted by Gasteiger charge is -2.34. The van der Waals surface area contributed by atoms with Gasteiger partial charge >= 0.3 is 16.3 Å². The van der Waals surface area contributed by atoms with Gasteiger partial charge in [0, 0.05) is 24.6 Å². The number of hydrogen-bond acceptors (Lipinski definition) is 7. The second kappa shape index (κ2) is 16.0. The van der Waals surface area contributed by atoms with E-state index in [1.807, 2.05) is 71.5 Å². The van der Waals surface area contributed by atoms with E-state index in [-0.39, 0.29) is 55.9 Å². The SMILES string of the molecule is O=C1CN(c2c(OCc3ccccc3)cc3c(c2F)CN(C(=O)[C@@H](CCC2CCCCC2)NC(=O)OCC2c4ccccc4-c4ccccc42)CC3)S(=O)(=O)N1. The number of benzene rings is 4. The number of nitrogens with one attached hydrogen (secondary N) is 2. The number of halogens is 1. The van der Waals surface area contributed by atoms with Gasteiger partial charge in [-0.3, -0.25) is 9.59 Å². The topological polar surface area (TPSA) is 134 Å². The zero-order valence-corrected chi connectivity index (χ0v) is 31.9. The molecule has 292 valence electrons. The molecule has 4 aliphatic rings. The van der Waals surface area contributed by atoms with E-state index in [0.29, 0.717) is 22.2 Å². The Hall–Kier alpha value is -5.43. The fraction of sp³-hybridized carbons (Fsp3) is 0.372. The zero-order valence-electron chi connectivity index (χ0n) is 31.0. The van der Waals surface area contributed by atoms with Gasteiger partial charge in [0.05, 0.1) is 0 Å². The van der Waals surface area contributed by atoms with Gasteiger partial charge in [0.2, 0.25) is 5.91 Å². The molecule has 13 heteroatoms. The standard InChI is InChI=1S/C43H45FN4O7S/c44-40-35-24-47(22-21-30(35)23-38(54-26-29-13-5-2-6-14-29)41(40)48-25-39(49)46-56(48,52)53)42(50)37(20-19-28-11-3-1-4-12-28)45-43(51)55-27-36-33-17-9-7-15-31(33)32-16-8-10-18-34(32)36/h2,5-10,13-18,23,28,36-37H,1,3-4,11-12,19-22,24-27H2,(H,45,51)(H,46,49)/t37-/m1/s1. The Morgan fingerprint density at radius 1 is 0.911 bits per heavy atom. The minimum absolute atomic E-state index is 0.0211. The first kappa shape index (κ1) is 37.5. The van der Waals surface area contributed by atoms with Crippen molar-refractivity contribution >= 4 is 33.8 Å². The molecule has 4 aromatic carbocycles. The molecule has 2 heterocycles. The minimum Gasteiger partial charge on any atom is -0.487 e. The van der Waals surface area contributed by atoms with Gasteiger partial charge < -0.3 is 19.7 Å². The second-order valence-electron chi connectivity index (χ2n) is 15.1. The Bertz CT molecular complexity index is 2200. The number of nitrogens with zero attached hydrogens (tertiary/aromatic N) is 2. The van der Waals surface area contributed by atoms with Gasteiger partial charge in [-0.1, -0.05) is 111 Å². The van der Waals surface area contributed by atoms with Crippen LogP contribution in [0.15, 0.2) is 84.9 Å². The van der Waals surface area contributed by atoms with Crippen LogP contribution in [-0.2, 0) is 44.1 Å². The number of ether oxygens (including phenoxy) is 2. The summed E-state index contributed by atoms with van der Waals surface area (Å²) in [5.74, 6) is -1.77. The van der Waals surface area contributed by atoms with E-state index >= 15 is 4.39 Å². The number of carbonyl (C=O) groups excluding carboxylic acids is 3. The number of anilines is 1. The van der Waals surface area contributed by atoms with Crippen molar-refractivity contribution in [3.63, 3.8) is 0 Å². The predicted octanol–water partition coefficient (Wildman–Crippen LogP) is 6.74. The maximum Gasteiger partial charge on any atom is 0.407 e. The average Bonchev–Trinajstić information content (AvgIpc) is 3.68. The van der Waals surface area contributed by atoms with Gasteiger partial charge in [-0.25, -0.2) is 18.2 Å². The number of carbonyl (C=O) groups is 3. The molecule has 2 N–H and O–H groups in total. The fourth-order valence-corrected chi connectivity index (χ4v) is 9.84. The van der Waals surface area contributed by atoms with Crippen LogP contribution in [0.3, 0.4) is 0 Å². The van der Waals surface area contributed by atoms with Gasteiger partial charge in [0.25, 0.3) is 5.91 Å². The highest BCUT2D eigenvalue weighted by molar-refractivity contribution is 7.92. The van der Waals surface area contributed by atoms with Crippen molar-refractivity contribution in [1.82, 2.24) is 14.9 Å². The molecule has 0 radical (unpaired) electrons. The van der Waals surface area contributed by atoms with Crippen molar-refractivity contribution in [2.45, 2.75) is 76.5 Å². The summed E-state index contributed by atoms with van der Waals surface area (Å²) in [6.45, 7) is -0.392. The fourth-order valence-electron chi connectivity index (χ4n) is 8.68. The molecule has 1 atom stereocenters. The highest BCUT2D eigenvalue weighted by Crippen LogP contribution is 2.45. The lowest BCUT2D eigenvalue weighted by atomic mass is 9.85. The van der Waals surface area contributed by atoms with E-state index < -0.39 is 46.3 Å². The number of rotatable bonds is 11. The molecule has 0 spiro atoms. The molecule has 2 aliphatic heterocycles. The van der Waals surface area contributed by atoms with Crippen LogP contribution >= 0.6 is 0 Å². The molecule has 1 saturated carbocycles. The number of amides is 3. The van der Waals surface area contributed by atoms with E-state index in [1.54, 1.807) is 6.07 Å². The summed E-state index contributed by atoms with van der Waals surface area (Å²) >= 11 is 0. The second-order valence-corrected chi connectivity index (χ2v) is 16.7. The smallest absolute Gasteiger partial charge is 0.407 e. The summed E-state index contributed by atoms with van der Waals surface area (Å²) in [5.41, 5.74) is 5.47. The Kier molecular flexibility index (Phi) is 10.7. The molecule has 1 saturated heterocycles. The van der Waals surface area contributed by atoms with E-state index in [2.05, 4.69) is 17.4 Å². The minimum atomic E-state index is -4.39. The molecule has 4 aromatic rings. The van der Waals surface area contributed by atoms with Gasteiger partial charge in [-0.2, -0.15) is 8.42 Å². The number of hydrogen-bond donors (Lipinski definition) is 2. The largest absolute Gasteiger partial charge is 0.487 e. The number of fused-ring (bicyclic) bond motifs is 4. The quantitative estimate of drug-likeness (QED) is 0.172. The lowest BCUT2D eigenvalue weighted by Crippen LogP contribution is -2.50. The maximum absolute atomic E-state index is 16.8. The van der Waals surface area contributed by atoms with Gasteiger partial charge in [-0.05, 0) is 64.6 Å². The highest BCUT2D eigenvalue weighted by Gasteiger charge is 2.40. The van der Waals surface area contributed by atoms with Crippen LogP contribution in [0.4, 0.5) is 14.9 Å². The van der Waals surface area contributed by atoms with Crippen LogP contribution in [0.25, 0.3) is 11.1 Å². The normalized spacial score (nSPS) is 18.1. The van der Waals surface area contributed by atoms with Crippen molar-refractivity contribution in [1.29, 1.82) is 0 Å². The van der Waals surface area contributed by atoms with E-state index in [0.717, 1.165) is 59.9 Å². The monoisotopic (exact) mass is 780 g/mol. The molecule has 2 aliphatic carbocycles. The third-order valence-electron chi connectivity index (χ3n) is 11.5. The van der Waals surface area contributed by atoms with Crippen LogP contribution in [0.2, 0.25) is 0 Å². The summed E-state index contributed by atoms with van der Waals surface area (Å²) in [6, 6.07) is 26.0. The molecule has 3 amide bonds. The summed E-state index contributed by atoms with van der Waals surface area (Å²) in [5, 5.41) is 2.88. The molecule has 0 aromatic heterocycles. The lowest BCUT2D eigenvalue weighted by molar-refractivity contribution is -0.134. The first-order valence-corrected chi connectivity index (χ1v) is 20.8. The van der Waals surface area contributed by atoms with Gasteiger partial charge in [0.15, 0.2) is 5.82 Å². The Balaban J connectivity index is 1.02. The Morgan fingerprint density at radius 2 is 1.59 bits per heavy atom. The van der Waals surface area contributed by atoms with Gasteiger partial charge in [0.1, 0.15) is 37.2 Å². The molecular formula is C43H45FN4O7S. The predicted molar refractivity (Wildman–Crippen MR) is 209 cm³/mol. The molecule has 11 nitrogen and oxygen atoms in total. The Morgan fingerprint density at radius 3 is 2.27 bits per heavy atom. The van der Waals surface area contributed by atoms with Crippen LogP contribution < -0.4 is 19.1 Å². The van der Waals surface area contributed by atoms with Crippen LogP contribution in [0, 0.1) is 11.7 Å².